The van der Waals surface area contributed by atoms with Gasteiger partial charge in [0.2, 0.25) is 5.91 Å². The Labute approximate surface area is 130 Å². The van der Waals surface area contributed by atoms with Crippen molar-refractivity contribution in [3.05, 3.63) is 63.2 Å². The van der Waals surface area contributed by atoms with Gasteiger partial charge in [-0.05, 0) is 51.9 Å². The molecular formula is C15H13IN2O2. The highest BCUT2D eigenvalue weighted by Gasteiger charge is 2.01. The van der Waals surface area contributed by atoms with Gasteiger partial charge in [-0.2, -0.15) is 5.10 Å². The molecule has 0 heterocycles. The predicted molar refractivity (Wildman–Crippen MR) is 86.7 cm³/mol. The lowest BCUT2D eigenvalue weighted by Crippen LogP contribution is -2.19. The number of phenolic OH excluding ortho intramolecular Hbond substituents is 1. The second-order valence-electron chi connectivity index (χ2n) is 4.17. The molecule has 4 nitrogen and oxygen atoms in total. The van der Waals surface area contributed by atoms with E-state index in [9.17, 15) is 9.90 Å². The summed E-state index contributed by atoms with van der Waals surface area (Å²) in [6.45, 7) is 0. The van der Waals surface area contributed by atoms with E-state index >= 15 is 0 Å². The molecule has 0 aliphatic rings. The molecule has 0 radical (unpaired) electrons. The van der Waals surface area contributed by atoms with Gasteiger partial charge in [0, 0.05) is 0 Å². The fourth-order valence-corrected chi connectivity index (χ4v) is 2.14. The second kappa shape index (κ2) is 7.04. The average Bonchev–Trinajstić information content (AvgIpc) is 2.44. The minimum Gasteiger partial charge on any atom is -0.507 e. The number of nitrogens with zero attached hydrogens (tertiary/aromatic N) is 1. The minimum atomic E-state index is -0.166. The molecule has 2 aromatic rings. The van der Waals surface area contributed by atoms with E-state index in [1.807, 2.05) is 52.9 Å². The van der Waals surface area contributed by atoms with Gasteiger partial charge in [-0.1, -0.05) is 30.3 Å². The highest BCUT2D eigenvalue weighted by atomic mass is 127. The van der Waals surface area contributed by atoms with Crippen molar-refractivity contribution in [2.24, 2.45) is 5.10 Å². The van der Waals surface area contributed by atoms with Crippen LogP contribution in [-0.4, -0.2) is 17.2 Å². The number of phenols is 1. The van der Waals surface area contributed by atoms with Gasteiger partial charge in [-0.15, -0.1) is 0 Å². The summed E-state index contributed by atoms with van der Waals surface area (Å²) >= 11 is 2.03. The van der Waals surface area contributed by atoms with E-state index in [0.29, 0.717) is 6.42 Å². The molecule has 20 heavy (non-hydrogen) atoms. The van der Waals surface area contributed by atoms with Crippen LogP contribution < -0.4 is 5.43 Å². The van der Waals surface area contributed by atoms with Crippen LogP contribution in [0, 0.1) is 3.57 Å². The van der Waals surface area contributed by atoms with Gasteiger partial charge in [0.1, 0.15) is 5.75 Å². The van der Waals surface area contributed by atoms with Crippen LogP contribution in [0.15, 0.2) is 53.6 Å². The molecular weight excluding hydrogens is 367 g/mol. The first-order chi connectivity index (χ1) is 9.65. The molecule has 0 fully saturated rings. The van der Waals surface area contributed by atoms with Gasteiger partial charge < -0.3 is 5.11 Å². The van der Waals surface area contributed by atoms with E-state index in [4.69, 9.17) is 0 Å². The molecule has 0 saturated carbocycles. The fourth-order valence-electron chi connectivity index (χ4n) is 1.60. The molecule has 5 heteroatoms. The molecule has 2 N–H and O–H groups in total. The van der Waals surface area contributed by atoms with E-state index in [0.717, 1.165) is 14.7 Å². The van der Waals surface area contributed by atoms with Gasteiger partial charge in [0.25, 0.3) is 0 Å². The summed E-state index contributed by atoms with van der Waals surface area (Å²) in [6, 6.07) is 14.6. The summed E-state index contributed by atoms with van der Waals surface area (Å²) in [6.07, 6.45) is 1.84. The van der Waals surface area contributed by atoms with Crippen molar-refractivity contribution in [2.75, 3.05) is 0 Å². The minimum absolute atomic E-state index is 0.166. The number of hydrogen-bond acceptors (Lipinski definition) is 3. The number of rotatable bonds is 4. The summed E-state index contributed by atoms with van der Waals surface area (Å²) < 4.78 is 0.738. The van der Waals surface area contributed by atoms with E-state index < -0.39 is 0 Å². The van der Waals surface area contributed by atoms with E-state index in [1.54, 1.807) is 24.4 Å². The Hall–Kier alpha value is -1.89. The molecule has 0 aliphatic carbocycles. The third-order valence-corrected chi connectivity index (χ3v) is 3.45. The number of amides is 1. The molecule has 0 saturated heterocycles. The maximum Gasteiger partial charge on any atom is 0.244 e. The van der Waals surface area contributed by atoms with Crippen molar-refractivity contribution in [3.8, 4) is 5.75 Å². The van der Waals surface area contributed by atoms with Crippen LogP contribution in [-0.2, 0) is 11.2 Å². The molecule has 0 spiro atoms. The third kappa shape index (κ3) is 4.34. The number of nitrogens with one attached hydrogen (secondary N) is 1. The SMILES string of the molecule is O=C(Cc1ccccc1)N/N=C/c1ccc(O)c(I)c1. The number of carbonyl (C=O) groups excluding carboxylic acids is 1. The maximum atomic E-state index is 11.7. The lowest BCUT2D eigenvalue weighted by atomic mass is 10.1. The molecule has 0 aromatic heterocycles. The van der Waals surface area contributed by atoms with Crippen LogP contribution >= 0.6 is 22.6 Å². The molecule has 102 valence electrons. The van der Waals surface area contributed by atoms with Crippen molar-refractivity contribution in [1.29, 1.82) is 0 Å². The number of carbonyl (C=O) groups is 1. The zero-order chi connectivity index (χ0) is 14.4. The van der Waals surface area contributed by atoms with Crippen LogP contribution in [0.25, 0.3) is 0 Å². The Balaban J connectivity index is 1.89. The summed E-state index contributed by atoms with van der Waals surface area (Å²) in [7, 11) is 0. The van der Waals surface area contributed by atoms with Gasteiger partial charge in [-0.25, -0.2) is 5.43 Å². The molecule has 2 rings (SSSR count). The van der Waals surface area contributed by atoms with Crippen LogP contribution in [0.5, 0.6) is 5.75 Å². The molecule has 0 aliphatic heterocycles. The van der Waals surface area contributed by atoms with Crippen LogP contribution in [0.2, 0.25) is 0 Å². The Morgan fingerprint density at radius 1 is 1.25 bits per heavy atom. The molecule has 2 aromatic carbocycles. The quantitative estimate of drug-likeness (QED) is 0.487. The first kappa shape index (κ1) is 14.5. The summed E-state index contributed by atoms with van der Waals surface area (Å²) in [4.78, 5) is 11.7. The average molecular weight is 380 g/mol. The Kier molecular flexibility index (Phi) is 5.11. The highest BCUT2D eigenvalue weighted by molar-refractivity contribution is 14.1. The Bertz CT molecular complexity index is 627. The van der Waals surface area contributed by atoms with Crippen molar-refractivity contribution in [2.45, 2.75) is 6.42 Å². The van der Waals surface area contributed by atoms with Crippen LogP contribution in [0.4, 0.5) is 0 Å². The number of benzene rings is 2. The van der Waals surface area contributed by atoms with Crippen molar-refractivity contribution in [3.63, 3.8) is 0 Å². The van der Waals surface area contributed by atoms with Crippen molar-refractivity contribution < 1.29 is 9.90 Å². The lowest BCUT2D eigenvalue weighted by molar-refractivity contribution is -0.120. The zero-order valence-electron chi connectivity index (χ0n) is 10.6. The molecule has 0 atom stereocenters. The lowest BCUT2D eigenvalue weighted by Gasteiger charge is -2.00. The smallest absolute Gasteiger partial charge is 0.244 e. The number of aromatic hydroxyl groups is 1. The topological polar surface area (TPSA) is 61.7 Å². The first-order valence-electron chi connectivity index (χ1n) is 5.99. The van der Waals surface area contributed by atoms with E-state index in [2.05, 4.69) is 10.5 Å². The standard InChI is InChI=1S/C15H13IN2O2/c16-13-8-12(6-7-14(13)19)10-17-18-15(20)9-11-4-2-1-3-5-11/h1-8,10,19H,9H2,(H,18,20)/b17-10+. The van der Waals surface area contributed by atoms with Gasteiger partial charge in [0.15, 0.2) is 0 Å². The summed E-state index contributed by atoms with van der Waals surface area (Å²) in [5.41, 5.74) is 4.24. The highest BCUT2D eigenvalue weighted by Crippen LogP contribution is 2.19. The van der Waals surface area contributed by atoms with Crippen LogP contribution in [0.3, 0.4) is 0 Å². The number of halogens is 1. The van der Waals surface area contributed by atoms with Crippen molar-refractivity contribution in [1.82, 2.24) is 5.43 Å². The molecule has 0 bridgehead atoms. The third-order valence-electron chi connectivity index (χ3n) is 2.58. The first-order valence-corrected chi connectivity index (χ1v) is 7.07. The Morgan fingerprint density at radius 2 is 2.00 bits per heavy atom. The Morgan fingerprint density at radius 3 is 2.70 bits per heavy atom. The normalized spacial score (nSPS) is 10.7. The van der Waals surface area contributed by atoms with E-state index in [-0.39, 0.29) is 11.7 Å². The van der Waals surface area contributed by atoms with Crippen LogP contribution in [0.1, 0.15) is 11.1 Å². The number of hydrazone groups is 1. The largest absolute Gasteiger partial charge is 0.507 e. The van der Waals surface area contributed by atoms with Gasteiger partial charge >= 0.3 is 0 Å². The van der Waals surface area contributed by atoms with Crippen molar-refractivity contribution >= 4 is 34.7 Å². The molecule has 1 amide bonds. The number of hydrogen-bond donors (Lipinski definition) is 2. The summed E-state index contributed by atoms with van der Waals surface area (Å²) in [5, 5.41) is 13.3. The van der Waals surface area contributed by atoms with E-state index in [1.165, 1.54) is 0 Å². The monoisotopic (exact) mass is 380 g/mol. The summed E-state index contributed by atoms with van der Waals surface area (Å²) in [5.74, 6) is 0.0665. The maximum absolute atomic E-state index is 11.7. The van der Waals surface area contributed by atoms with Gasteiger partial charge in [0.05, 0.1) is 16.2 Å². The second-order valence-corrected chi connectivity index (χ2v) is 5.33. The molecule has 0 unspecified atom stereocenters. The predicted octanol–water partition coefficient (Wildman–Crippen LogP) is 2.69. The fraction of sp³-hybridized carbons (Fsp3) is 0.0667. The zero-order valence-corrected chi connectivity index (χ0v) is 12.7. The van der Waals surface area contributed by atoms with Gasteiger partial charge in [-0.3, -0.25) is 4.79 Å².